The van der Waals surface area contributed by atoms with Crippen LogP contribution >= 0.6 is 50.7 Å². The summed E-state index contributed by atoms with van der Waals surface area (Å²) in [5.41, 5.74) is 1.29. The largest absolute Gasteiger partial charge is 0.375 e. The van der Waals surface area contributed by atoms with Crippen LogP contribution < -0.4 is 10.6 Å². The first-order valence-electron chi connectivity index (χ1n) is 10.6. The van der Waals surface area contributed by atoms with E-state index in [-0.39, 0.29) is 33.0 Å². The molecule has 0 spiro atoms. The second kappa shape index (κ2) is 10.2. The minimum absolute atomic E-state index is 0.0478. The number of benzene rings is 3. The van der Waals surface area contributed by atoms with Crippen molar-refractivity contribution in [2.75, 3.05) is 17.2 Å². The Labute approximate surface area is 228 Å². The summed E-state index contributed by atoms with van der Waals surface area (Å²) >= 11 is 22.1. The van der Waals surface area contributed by atoms with E-state index in [1.165, 1.54) is 30.3 Å². The Morgan fingerprint density at radius 3 is 2.44 bits per heavy atom. The Bertz CT molecular complexity index is 1360. The molecule has 1 saturated carbocycles. The molecule has 4 nitrogen and oxygen atoms in total. The van der Waals surface area contributed by atoms with Crippen molar-refractivity contribution in [2.45, 2.75) is 17.2 Å². The second-order valence-electron chi connectivity index (χ2n) is 8.35. The summed E-state index contributed by atoms with van der Waals surface area (Å²) in [6, 6.07) is 10.4. The van der Waals surface area contributed by atoms with Gasteiger partial charge in [-0.3, -0.25) is 9.59 Å². The molecule has 0 heterocycles. The lowest BCUT2D eigenvalue weighted by molar-refractivity contribution is -0.117. The molecule has 0 radical (unpaired) electrons. The number of anilines is 2. The van der Waals surface area contributed by atoms with E-state index >= 15 is 0 Å². The van der Waals surface area contributed by atoms with E-state index in [0.717, 1.165) is 6.07 Å². The number of hydrogen-bond donors (Lipinski definition) is 2. The van der Waals surface area contributed by atoms with Crippen molar-refractivity contribution in [1.82, 2.24) is 0 Å². The van der Waals surface area contributed by atoms with E-state index in [4.69, 9.17) is 34.8 Å². The molecule has 3 aromatic rings. The van der Waals surface area contributed by atoms with Gasteiger partial charge in [-0.05, 0) is 70.4 Å². The maximum atomic E-state index is 14.0. The Balaban J connectivity index is 1.47. The zero-order valence-corrected chi connectivity index (χ0v) is 22.3. The standard InChI is InChI=1S/C25H17BrCl3F3N2O2/c1-11-6-12(7-16(26)23(11)32)21-22(25(21,28)29)24(36)34-14-3-4-17(27)15(9-14)20(35)10-33-19-5-2-13(30)8-18(19)31/h2-9,21-22,33H,10H2,1H3,(H,34,36). The third-order valence-corrected chi connectivity index (χ3v) is 7.68. The van der Waals surface area contributed by atoms with Gasteiger partial charge in [-0.25, -0.2) is 13.2 Å². The van der Waals surface area contributed by atoms with E-state index in [9.17, 15) is 22.8 Å². The lowest BCUT2D eigenvalue weighted by Gasteiger charge is -2.11. The molecule has 11 heteroatoms. The topological polar surface area (TPSA) is 58.2 Å². The number of amides is 1. The number of alkyl halides is 2. The molecule has 2 atom stereocenters. The number of rotatable bonds is 7. The Kier molecular flexibility index (Phi) is 7.62. The average Bonchev–Trinajstić information content (AvgIpc) is 3.39. The van der Waals surface area contributed by atoms with Crippen LogP contribution in [0.1, 0.15) is 27.4 Å². The third kappa shape index (κ3) is 5.37. The normalized spacial score (nSPS) is 18.0. The highest BCUT2D eigenvalue weighted by molar-refractivity contribution is 9.10. The molecule has 1 amide bonds. The number of nitrogens with one attached hydrogen (secondary N) is 2. The zero-order chi connectivity index (χ0) is 26.4. The van der Waals surface area contributed by atoms with Gasteiger partial charge in [0.05, 0.1) is 27.6 Å². The lowest BCUT2D eigenvalue weighted by atomic mass is 10.1. The molecule has 1 fully saturated rings. The van der Waals surface area contributed by atoms with Crippen LogP contribution in [0.15, 0.2) is 53.0 Å². The smallest absolute Gasteiger partial charge is 0.231 e. The monoisotopic (exact) mass is 618 g/mol. The molecule has 4 rings (SSSR count). The molecule has 0 aromatic heterocycles. The van der Waals surface area contributed by atoms with Crippen molar-refractivity contribution in [3.05, 3.63) is 92.2 Å². The van der Waals surface area contributed by atoms with E-state index in [0.29, 0.717) is 17.2 Å². The molecular formula is C25H17BrCl3F3N2O2. The van der Waals surface area contributed by atoms with Gasteiger partial charge in [0, 0.05) is 23.2 Å². The zero-order valence-electron chi connectivity index (χ0n) is 18.4. The fraction of sp³-hybridized carbons (Fsp3) is 0.200. The van der Waals surface area contributed by atoms with Crippen LogP contribution in [0.3, 0.4) is 0 Å². The van der Waals surface area contributed by atoms with Gasteiger partial charge in [-0.2, -0.15) is 0 Å². The number of carbonyl (C=O) groups excluding carboxylic acids is 2. The minimum Gasteiger partial charge on any atom is -0.375 e. The summed E-state index contributed by atoms with van der Waals surface area (Å²) in [6.45, 7) is 1.27. The van der Waals surface area contributed by atoms with Crippen LogP contribution in [0.25, 0.3) is 0 Å². The van der Waals surface area contributed by atoms with Gasteiger partial charge in [0.25, 0.3) is 0 Å². The number of aryl methyl sites for hydroxylation is 1. The van der Waals surface area contributed by atoms with Crippen molar-refractivity contribution in [3.63, 3.8) is 0 Å². The van der Waals surface area contributed by atoms with E-state index in [1.807, 2.05) is 0 Å². The highest BCUT2D eigenvalue weighted by atomic mass is 79.9. The second-order valence-corrected chi connectivity index (χ2v) is 11.1. The fourth-order valence-electron chi connectivity index (χ4n) is 3.94. The molecular weight excluding hydrogens is 604 g/mol. The molecule has 0 bridgehead atoms. The van der Waals surface area contributed by atoms with E-state index < -0.39 is 45.3 Å². The summed E-state index contributed by atoms with van der Waals surface area (Å²) in [5, 5.41) is 5.41. The predicted molar refractivity (Wildman–Crippen MR) is 139 cm³/mol. The highest BCUT2D eigenvalue weighted by Gasteiger charge is 2.67. The SMILES string of the molecule is Cc1cc(C2C(C(=O)Nc3ccc(Cl)c(C(=O)CNc4ccc(F)cc4F)c3)C2(Cl)Cl)cc(Br)c1F. The Hall–Kier alpha value is -2.26. The van der Waals surface area contributed by atoms with Gasteiger partial charge in [0.1, 0.15) is 21.8 Å². The van der Waals surface area contributed by atoms with Crippen LogP contribution in [-0.4, -0.2) is 22.6 Å². The van der Waals surface area contributed by atoms with Gasteiger partial charge in [-0.15, -0.1) is 23.2 Å². The van der Waals surface area contributed by atoms with Gasteiger partial charge in [0.15, 0.2) is 5.78 Å². The molecule has 0 aliphatic heterocycles. The average molecular weight is 621 g/mol. The van der Waals surface area contributed by atoms with Crippen LogP contribution in [0, 0.1) is 30.3 Å². The molecule has 2 unspecified atom stereocenters. The summed E-state index contributed by atoms with van der Waals surface area (Å²) in [5.74, 6) is -4.37. The fourth-order valence-corrected chi connectivity index (χ4v) is 5.57. The maximum Gasteiger partial charge on any atom is 0.231 e. The molecule has 1 aliphatic rings. The number of carbonyl (C=O) groups is 2. The quantitative estimate of drug-likeness (QED) is 0.211. The summed E-state index contributed by atoms with van der Waals surface area (Å²) in [4.78, 5) is 25.7. The number of halogens is 7. The van der Waals surface area contributed by atoms with Crippen LogP contribution in [0.2, 0.25) is 5.02 Å². The predicted octanol–water partition coefficient (Wildman–Crippen LogP) is 7.65. The lowest BCUT2D eigenvalue weighted by Crippen LogP contribution is -2.18. The molecule has 36 heavy (non-hydrogen) atoms. The van der Waals surface area contributed by atoms with Crippen molar-refractivity contribution >= 4 is 73.8 Å². The van der Waals surface area contributed by atoms with Crippen LogP contribution in [0.4, 0.5) is 24.5 Å². The third-order valence-electron chi connectivity index (χ3n) is 5.83. The number of Topliss-reactive ketones (excluding diaryl/α,β-unsaturated/α-hetero) is 1. The van der Waals surface area contributed by atoms with Crippen LogP contribution in [-0.2, 0) is 4.79 Å². The summed E-state index contributed by atoms with van der Waals surface area (Å²) in [6.07, 6.45) is 0. The maximum absolute atomic E-state index is 14.0. The van der Waals surface area contributed by atoms with Crippen molar-refractivity contribution in [3.8, 4) is 0 Å². The summed E-state index contributed by atoms with van der Waals surface area (Å²) in [7, 11) is 0. The minimum atomic E-state index is -1.40. The van der Waals surface area contributed by atoms with Crippen molar-refractivity contribution < 1.29 is 22.8 Å². The van der Waals surface area contributed by atoms with Crippen molar-refractivity contribution in [1.29, 1.82) is 0 Å². The Morgan fingerprint density at radius 2 is 1.78 bits per heavy atom. The molecule has 2 N–H and O–H groups in total. The first kappa shape index (κ1) is 26.8. The van der Waals surface area contributed by atoms with Gasteiger partial charge < -0.3 is 10.6 Å². The number of hydrogen-bond acceptors (Lipinski definition) is 3. The van der Waals surface area contributed by atoms with E-state index in [1.54, 1.807) is 13.0 Å². The molecule has 0 saturated heterocycles. The summed E-state index contributed by atoms with van der Waals surface area (Å²) < 4.78 is 39.7. The Morgan fingerprint density at radius 1 is 1.06 bits per heavy atom. The number of ketones is 1. The van der Waals surface area contributed by atoms with Crippen molar-refractivity contribution in [2.24, 2.45) is 5.92 Å². The van der Waals surface area contributed by atoms with Crippen LogP contribution in [0.5, 0.6) is 0 Å². The van der Waals surface area contributed by atoms with Gasteiger partial charge in [-0.1, -0.05) is 17.7 Å². The van der Waals surface area contributed by atoms with Gasteiger partial charge >= 0.3 is 0 Å². The van der Waals surface area contributed by atoms with Gasteiger partial charge in [0.2, 0.25) is 5.91 Å². The molecule has 188 valence electrons. The first-order chi connectivity index (χ1) is 16.9. The van der Waals surface area contributed by atoms with E-state index in [2.05, 4.69) is 26.6 Å². The highest BCUT2D eigenvalue weighted by Crippen LogP contribution is 2.65. The molecule has 3 aromatic carbocycles. The first-order valence-corrected chi connectivity index (χ1v) is 12.5. The molecule has 1 aliphatic carbocycles.